The van der Waals surface area contributed by atoms with Gasteiger partial charge in [-0.1, -0.05) is 13.8 Å². The predicted molar refractivity (Wildman–Crippen MR) is 77.3 cm³/mol. The number of carbonyl (C=O) groups is 1. The quantitative estimate of drug-likeness (QED) is 0.838. The summed E-state index contributed by atoms with van der Waals surface area (Å²) in [6, 6.07) is -0.367. The van der Waals surface area contributed by atoms with Gasteiger partial charge in [0.25, 0.3) is 0 Å². The number of hydrogen-bond acceptors (Lipinski definition) is 2. The average molecular weight is 278 g/mol. The number of likely N-dealkylation sites (N-methyl/N-ethyl adjacent to an activating group) is 1. The van der Waals surface area contributed by atoms with Gasteiger partial charge >= 0.3 is 5.97 Å². The second kappa shape index (κ2) is 8.00. The number of carboxylic acid groups (broad SMARTS) is 1. The molecule has 1 fully saturated rings. The maximum absolute atomic E-state index is 10.9. The third-order valence-corrected chi connectivity index (χ3v) is 4.18. The minimum Gasteiger partial charge on any atom is -0.480 e. The van der Waals surface area contributed by atoms with Crippen LogP contribution in [0.5, 0.6) is 0 Å². The van der Waals surface area contributed by atoms with Crippen molar-refractivity contribution in [1.29, 1.82) is 0 Å². The molecule has 0 bridgehead atoms. The fourth-order valence-corrected chi connectivity index (χ4v) is 3.12. The Labute approximate surface area is 117 Å². The van der Waals surface area contributed by atoms with E-state index in [1.807, 2.05) is 11.9 Å². The molecule has 0 spiro atoms. The first-order chi connectivity index (χ1) is 7.90. The van der Waals surface area contributed by atoms with Crippen LogP contribution in [0.25, 0.3) is 0 Å². The van der Waals surface area contributed by atoms with Crippen LogP contribution in [0.2, 0.25) is 0 Å². The van der Waals surface area contributed by atoms with Crippen LogP contribution in [0.15, 0.2) is 0 Å². The van der Waals surface area contributed by atoms with E-state index in [0.717, 1.165) is 30.7 Å². The van der Waals surface area contributed by atoms with Crippen molar-refractivity contribution in [2.75, 3.05) is 13.6 Å². The smallest absolute Gasteiger partial charge is 0.320 e. The SMILES string of the molecule is CC1CC(C)CC(CCN(C)C(C)C(=O)O)C1.Cl. The molecule has 1 rings (SSSR count). The Bertz CT molecular complexity index is 250. The molecule has 0 aliphatic heterocycles. The number of halogens is 1. The summed E-state index contributed by atoms with van der Waals surface area (Å²) >= 11 is 0. The Morgan fingerprint density at radius 1 is 1.28 bits per heavy atom. The Morgan fingerprint density at radius 3 is 2.22 bits per heavy atom. The lowest BCUT2D eigenvalue weighted by Crippen LogP contribution is -2.37. The molecular weight excluding hydrogens is 250 g/mol. The molecule has 4 heteroatoms. The van der Waals surface area contributed by atoms with E-state index in [1.54, 1.807) is 6.92 Å². The zero-order chi connectivity index (χ0) is 13.0. The fourth-order valence-electron chi connectivity index (χ4n) is 3.12. The molecule has 1 aliphatic carbocycles. The summed E-state index contributed by atoms with van der Waals surface area (Å²) in [7, 11) is 1.91. The molecule has 0 aromatic heterocycles. The van der Waals surface area contributed by atoms with Crippen molar-refractivity contribution in [1.82, 2.24) is 4.90 Å². The van der Waals surface area contributed by atoms with Gasteiger partial charge in [-0.15, -0.1) is 12.4 Å². The molecule has 1 saturated carbocycles. The van der Waals surface area contributed by atoms with Gasteiger partial charge in [0, 0.05) is 0 Å². The van der Waals surface area contributed by atoms with Gasteiger partial charge in [-0.3, -0.25) is 9.69 Å². The Morgan fingerprint density at radius 2 is 1.78 bits per heavy atom. The Balaban J connectivity index is 0.00000289. The lowest BCUT2D eigenvalue weighted by atomic mass is 9.75. The minimum atomic E-state index is -0.724. The largest absolute Gasteiger partial charge is 0.480 e. The standard InChI is InChI=1S/C14H27NO2.ClH/c1-10-7-11(2)9-13(8-10)5-6-15(4)12(3)14(16)17;/h10-13H,5-9H2,1-4H3,(H,16,17);1H. The van der Waals surface area contributed by atoms with Crippen LogP contribution in [0.1, 0.15) is 46.5 Å². The molecular formula is C14H28ClNO2. The molecule has 0 radical (unpaired) electrons. The predicted octanol–water partition coefficient (Wildman–Crippen LogP) is 3.28. The van der Waals surface area contributed by atoms with Crippen molar-refractivity contribution in [2.45, 2.75) is 52.5 Å². The highest BCUT2D eigenvalue weighted by molar-refractivity contribution is 5.85. The number of aliphatic carboxylic acids is 1. The number of carboxylic acids is 1. The summed E-state index contributed by atoms with van der Waals surface area (Å²) in [4.78, 5) is 12.8. The van der Waals surface area contributed by atoms with Gasteiger partial charge in [0.15, 0.2) is 0 Å². The van der Waals surface area contributed by atoms with Gasteiger partial charge in [-0.2, -0.15) is 0 Å². The van der Waals surface area contributed by atoms with Crippen LogP contribution < -0.4 is 0 Å². The van der Waals surface area contributed by atoms with Crippen LogP contribution in [-0.4, -0.2) is 35.6 Å². The molecule has 108 valence electrons. The highest BCUT2D eigenvalue weighted by Gasteiger charge is 2.25. The number of rotatable bonds is 5. The van der Waals surface area contributed by atoms with Gasteiger partial charge < -0.3 is 5.11 Å². The van der Waals surface area contributed by atoms with E-state index in [-0.39, 0.29) is 18.4 Å². The Hall–Kier alpha value is -0.280. The van der Waals surface area contributed by atoms with Crippen molar-refractivity contribution < 1.29 is 9.90 Å². The van der Waals surface area contributed by atoms with Gasteiger partial charge in [0.2, 0.25) is 0 Å². The van der Waals surface area contributed by atoms with Crippen molar-refractivity contribution in [3.63, 3.8) is 0 Å². The van der Waals surface area contributed by atoms with Crippen LogP contribution in [0.4, 0.5) is 0 Å². The molecule has 0 aromatic carbocycles. The second-order valence-electron chi connectivity index (χ2n) is 6.07. The van der Waals surface area contributed by atoms with Gasteiger partial charge in [0.1, 0.15) is 6.04 Å². The van der Waals surface area contributed by atoms with Crippen LogP contribution >= 0.6 is 12.4 Å². The lowest BCUT2D eigenvalue weighted by Gasteiger charge is -2.33. The summed E-state index contributed by atoms with van der Waals surface area (Å²) in [5.41, 5.74) is 0. The van der Waals surface area contributed by atoms with E-state index in [4.69, 9.17) is 5.11 Å². The first-order valence-electron chi connectivity index (χ1n) is 6.83. The molecule has 1 aliphatic rings. The van der Waals surface area contributed by atoms with Crippen molar-refractivity contribution in [2.24, 2.45) is 17.8 Å². The number of nitrogens with zero attached hydrogens (tertiary/aromatic N) is 1. The van der Waals surface area contributed by atoms with Crippen molar-refractivity contribution >= 4 is 18.4 Å². The van der Waals surface area contributed by atoms with Gasteiger partial charge in [0.05, 0.1) is 0 Å². The highest BCUT2D eigenvalue weighted by Crippen LogP contribution is 2.34. The average Bonchev–Trinajstić information content (AvgIpc) is 2.23. The van der Waals surface area contributed by atoms with E-state index < -0.39 is 5.97 Å². The summed E-state index contributed by atoms with van der Waals surface area (Å²) in [5.74, 6) is 1.74. The van der Waals surface area contributed by atoms with Crippen LogP contribution in [0, 0.1) is 17.8 Å². The summed E-state index contributed by atoms with van der Waals surface area (Å²) in [6.45, 7) is 7.34. The summed E-state index contributed by atoms with van der Waals surface area (Å²) in [6.07, 6.45) is 5.14. The second-order valence-corrected chi connectivity index (χ2v) is 6.07. The maximum Gasteiger partial charge on any atom is 0.320 e. The third-order valence-electron chi connectivity index (χ3n) is 4.18. The zero-order valence-corrected chi connectivity index (χ0v) is 12.9. The highest BCUT2D eigenvalue weighted by atomic mass is 35.5. The zero-order valence-electron chi connectivity index (χ0n) is 12.1. The lowest BCUT2D eigenvalue weighted by molar-refractivity contribution is -0.142. The first-order valence-corrected chi connectivity index (χ1v) is 6.83. The Kier molecular flexibility index (Phi) is 7.88. The number of hydrogen-bond donors (Lipinski definition) is 1. The summed E-state index contributed by atoms with van der Waals surface area (Å²) in [5, 5.41) is 8.93. The van der Waals surface area contributed by atoms with E-state index in [9.17, 15) is 4.79 Å². The molecule has 3 unspecified atom stereocenters. The normalized spacial score (nSPS) is 29.7. The van der Waals surface area contributed by atoms with E-state index >= 15 is 0 Å². The van der Waals surface area contributed by atoms with E-state index in [0.29, 0.717) is 0 Å². The van der Waals surface area contributed by atoms with E-state index in [1.165, 1.54) is 19.3 Å². The first kappa shape index (κ1) is 17.7. The monoisotopic (exact) mass is 277 g/mol. The molecule has 0 saturated heterocycles. The van der Waals surface area contributed by atoms with Crippen LogP contribution in [-0.2, 0) is 4.79 Å². The van der Waals surface area contributed by atoms with Crippen molar-refractivity contribution in [3.05, 3.63) is 0 Å². The summed E-state index contributed by atoms with van der Waals surface area (Å²) < 4.78 is 0. The third kappa shape index (κ3) is 5.57. The molecule has 0 heterocycles. The molecule has 3 nitrogen and oxygen atoms in total. The van der Waals surface area contributed by atoms with Crippen LogP contribution in [0.3, 0.4) is 0 Å². The maximum atomic E-state index is 10.9. The molecule has 1 N–H and O–H groups in total. The minimum absolute atomic E-state index is 0. The molecule has 0 amide bonds. The van der Waals surface area contributed by atoms with Crippen molar-refractivity contribution in [3.8, 4) is 0 Å². The van der Waals surface area contributed by atoms with E-state index in [2.05, 4.69) is 13.8 Å². The van der Waals surface area contributed by atoms with Gasteiger partial charge in [-0.25, -0.2) is 0 Å². The molecule has 0 aromatic rings. The topological polar surface area (TPSA) is 40.5 Å². The molecule has 3 atom stereocenters. The molecule has 18 heavy (non-hydrogen) atoms. The van der Waals surface area contributed by atoms with Gasteiger partial charge in [-0.05, 0) is 64.0 Å². The fraction of sp³-hybridized carbons (Fsp3) is 0.929.